The first-order valence-electron chi connectivity index (χ1n) is 7.71. The normalized spacial score (nSPS) is 8.86. The third kappa shape index (κ3) is 7.63. The van der Waals surface area contributed by atoms with Crippen molar-refractivity contribution in [2.75, 3.05) is 19.0 Å². The van der Waals surface area contributed by atoms with Crippen molar-refractivity contribution in [3.8, 4) is 0 Å². The summed E-state index contributed by atoms with van der Waals surface area (Å²) in [4.78, 5) is 12.9. The molecule has 2 rings (SSSR count). The Bertz CT molecular complexity index is 573. The highest BCUT2D eigenvalue weighted by Gasteiger charge is 1.96. The van der Waals surface area contributed by atoms with Gasteiger partial charge in [0.05, 0.1) is 0 Å². The molecule has 120 valence electrons. The van der Waals surface area contributed by atoms with Crippen molar-refractivity contribution < 1.29 is 4.79 Å². The van der Waals surface area contributed by atoms with Gasteiger partial charge in [0, 0.05) is 25.3 Å². The molecule has 2 aromatic carbocycles. The minimum Gasteiger partial charge on any atom is -0.378 e. The molecule has 0 unspecified atom stereocenters. The fourth-order valence-corrected chi connectivity index (χ4v) is 1.77. The molecule has 0 atom stereocenters. The van der Waals surface area contributed by atoms with Gasteiger partial charge in [-0.2, -0.15) is 0 Å². The summed E-state index contributed by atoms with van der Waals surface area (Å²) in [7, 11) is 4.10. The lowest BCUT2D eigenvalue weighted by Gasteiger charge is -2.11. The van der Waals surface area contributed by atoms with Gasteiger partial charge in [0.2, 0.25) is 0 Å². The summed E-state index contributed by atoms with van der Waals surface area (Å²) in [6.07, 6.45) is 0. The Morgan fingerprint density at radius 3 is 1.68 bits per heavy atom. The second-order valence-corrected chi connectivity index (χ2v) is 5.16. The van der Waals surface area contributed by atoms with E-state index in [1.54, 1.807) is 6.92 Å². The van der Waals surface area contributed by atoms with Crippen molar-refractivity contribution >= 4 is 11.5 Å². The minimum atomic E-state index is 0.128. The van der Waals surface area contributed by atoms with E-state index in [1.807, 2.05) is 45.0 Å². The summed E-state index contributed by atoms with van der Waals surface area (Å²) in [5.74, 6) is 0.128. The molecule has 2 aromatic rings. The lowest BCUT2D eigenvalue weighted by atomic mass is 10.1. The number of aryl methyl sites for hydroxylation is 2. The van der Waals surface area contributed by atoms with Crippen LogP contribution in [-0.4, -0.2) is 19.9 Å². The highest BCUT2D eigenvalue weighted by atomic mass is 16.1. The van der Waals surface area contributed by atoms with Crippen molar-refractivity contribution in [1.82, 2.24) is 0 Å². The van der Waals surface area contributed by atoms with Crippen molar-refractivity contribution in [1.29, 1.82) is 0 Å². The SMILES string of the molecule is CC.CC(=O)c1cccc(C)c1.Cc1cccc(N(C)C)c1. The van der Waals surface area contributed by atoms with E-state index >= 15 is 0 Å². The molecule has 2 heteroatoms. The average Bonchev–Trinajstić information content (AvgIpc) is 2.50. The molecule has 0 fully saturated rings. The van der Waals surface area contributed by atoms with Crippen LogP contribution in [-0.2, 0) is 0 Å². The van der Waals surface area contributed by atoms with Crippen molar-refractivity contribution in [3.63, 3.8) is 0 Å². The van der Waals surface area contributed by atoms with Gasteiger partial charge in [-0.05, 0) is 44.5 Å². The monoisotopic (exact) mass is 299 g/mol. The topological polar surface area (TPSA) is 20.3 Å². The van der Waals surface area contributed by atoms with Crippen LogP contribution in [0, 0.1) is 13.8 Å². The van der Waals surface area contributed by atoms with Gasteiger partial charge in [-0.25, -0.2) is 0 Å². The molecule has 0 spiro atoms. The van der Waals surface area contributed by atoms with E-state index in [2.05, 4.69) is 50.2 Å². The van der Waals surface area contributed by atoms with E-state index in [1.165, 1.54) is 11.3 Å². The average molecular weight is 299 g/mol. The van der Waals surface area contributed by atoms with E-state index in [9.17, 15) is 4.79 Å². The second kappa shape index (κ2) is 10.6. The van der Waals surface area contributed by atoms with Gasteiger partial charge in [0.25, 0.3) is 0 Å². The summed E-state index contributed by atoms with van der Waals surface area (Å²) in [6.45, 7) is 9.66. The van der Waals surface area contributed by atoms with Gasteiger partial charge in [0.1, 0.15) is 0 Å². The lowest BCUT2D eigenvalue weighted by Crippen LogP contribution is -2.08. The number of ketones is 1. The maximum absolute atomic E-state index is 10.8. The van der Waals surface area contributed by atoms with Crippen LogP contribution >= 0.6 is 0 Å². The number of carbonyl (C=O) groups is 1. The Labute approximate surface area is 135 Å². The number of benzene rings is 2. The number of rotatable bonds is 2. The van der Waals surface area contributed by atoms with Crippen molar-refractivity contribution in [2.24, 2.45) is 0 Å². The number of anilines is 1. The maximum Gasteiger partial charge on any atom is 0.159 e. The first-order chi connectivity index (χ1) is 10.4. The third-order valence-corrected chi connectivity index (χ3v) is 2.94. The third-order valence-electron chi connectivity index (χ3n) is 2.94. The van der Waals surface area contributed by atoms with E-state index in [0.717, 1.165) is 11.1 Å². The number of nitrogens with zero attached hydrogens (tertiary/aromatic N) is 1. The molecular formula is C20H29NO. The summed E-state index contributed by atoms with van der Waals surface area (Å²) in [5.41, 5.74) is 4.50. The van der Waals surface area contributed by atoms with E-state index < -0.39 is 0 Å². The minimum absolute atomic E-state index is 0.128. The van der Waals surface area contributed by atoms with Gasteiger partial charge >= 0.3 is 0 Å². The molecule has 0 heterocycles. The fourth-order valence-electron chi connectivity index (χ4n) is 1.77. The zero-order chi connectivity index (χ0) is 17.1. The number of hydrogen-bond donors (Lipinski definition) is 0. The zero-order valence-corrected chi connectivity index (χ0v) is 15.0. The van der Waals surface area contributed by atoms with E-state index in [-0.39, 0.29) is 5.78 Å². The Balaban J connectivity index is 0.000000360. The largest absolute Gasteiger partial charge is 0.378 e. The number of hydrogen-bond acceptors (Lipinski definition) is 2. The van der Waals surface area contributed by atoms with Gasteiger partial charge in [-0.3, -0.25) is 4.79 Å². The van der Waals surface area contributed by atoms with Crippen LogP contribution in [0.5, 0.6) is 0 Å². The number of Topliss-reactive ketones (excluding diaryl/α,β-unsaturated/α-hetero) is 1. The molecule has 0 bridgehead atoms. The van der Waals surface area contributed by atoms with E-state index in [0.29, 0.717) is 0 Å². The number of carbonyl (C=O) groups excluding carboxylic acids is 1. The molecule has 0 radical (unpaired) electrons. The van der Waals surface area contributed by atoms with Crippen LogP contribution in [0.2, 0.25) is 0 Å². The lowest BCUT2D eigenvalue weighted by molar-refractivity contribution is 0.101. The summed E-state index contributed by atoms with van der Waals surface area (Å²) in [5, 5.41) is 0. The highest BCUT2D eigenvalue weighted by molar-refractivity contribution is 5.94. The Morgan fingerprint density at radius 1 is 0.864 bits per heavy atom. The molecule has 0 N–H and O–H groups in total. The molecule has 0 aliphatic carbocycles. The summed E-state index contributed by atoms with van der Waals surface area (Å²) in [6, 6.07) is 16.0. The van der Waals surface area contributed by atoms with Crippen molar-refractivity contribution in [2.45, 2.75) is 34.6 Å². The predicted molar refractivity (Wildman–Crippen MR) is 98.0 cm³/mol. The predicted octanol–water partition coefficient (Wildman–Crippen LogP) is 5.28. The second-order valence-electron chi connectivity index (χ2n) is 5.16. The fraction of sp³-hybridized carbons (Fsp3) is 0.350. The molecule has 0 saturated heterocycles. The summed E-state index contributed by atoms with van der Waals surface area (Å²) >= 11 is 0. The van der Waals surface area contributed by atoms with Crippen molar-refractivity contribution in [3.05, 3.63) is 65.2 Å². The first-order valence-corrected chi connectivity index (χ1v) is 7.71. The van der Waals surface area contributed by atoms with Gasteiger partial charge in [-0.1, -0.05) is 49.7 Å². The molecule has 0 aliphatic heterocycles. The zero-order valence-electron chi connectivity index (χ0n) is 15.0. The molecule has 0 saturated carbocycles. The van der Waals surface area contributed by atoms with Crippen LogP contribution < -0.4 is 4.90 Å². The quantitative estimate of drug-likeness (QED) is 0.703. The Kier molecular flexibility index (Phi) is 9.60. The van der Waals surface area contributed by atoms with Gasteiger partial charge < -0.3 is 4.90 Å². The van der Waals surface area contributed by atoms with Crippen LogP contribution in [0.3, 0.4) is 0 Å². The molecular weight excluding hydrogens is 270 g/mol. The van der Waals surface area contributed by atoms with Gasteiger partial charge in [-0.15, -0.1) is 0 Å². The van der Waals surface area contributed by atoms with Crippen LogP contribution in [0.4, 0.5) is 5.69 Å². The molecule has 22 heavy (non-hydrogen) atoms. The smallest absolute Gasteiger partial charge is 0.159 e. The van der Waals surface area contributed by atoms with Crippen LogP contribution in [0.25, 0.3) is 0 Å². The molecule has 2 nitrogen and oxygen atoms in total. The Morgan fingerprint density at radius 2 is 1.36 bits per heavy atom. The molecule has 0 aliphatic rings. The molecule has 0 amide bonds. The van der Waals surface area contributed by atoms with Gasteiger partial charge in [0.15, 0.2) is 5.78 Å². The summed E-state index contributed by atoms with van der Waals surface area (Å²) < 4.78 is 0. The van der Waals surface area contributed by atoms with Crippen LogP contribution in [0.1, 0.15) is 42.3 Å². The Hall–Kier alpha value is -2.09. The first kappa shape index (κ1) is 19.9. The molecule has 0 aromatic heterocycles. The maximum atomic E-state index is 10.8. The standard InChI is InChI=1S/C9H13N.C9H10O.C2H6/c1-8-5-4-6-9(7-8)10(2)3;1-7-4-3-5-9(6-7)8(2)10;1-2/h4-7H,1-3H3;3-6H,1-2H3;1-2H3. The van der Waals surface area contributed by atoms with E-state index in [4.69, 9.17) is 0 Å². The van der Waals surface area contributed by atoms with Crippen LogP contribution in [0.15, 0.2) is 48.5 Å². The highest BCUT2D eigenvalue weighted by Crippen LogP contribution is 2.11.